The summed E-state index contributed by atoms with van der Waals surface area (Å²) < 4.78 is 0. The quantitative estimate of drug-likeness (QED) is 0.736. The van der Waals surface area contributed by atoms with Gasteiger partial charge in [-0.05, 0) is 44.6 Å². The Labute approximate surface area is 115 Å². The average molecular weight is 270 g/mol. The largest absolute Gasteiger partial charge is 0.480 e. The third-order valence-electron chi connectivity index (χ3n) is 4.03. The second-order valence-corrected chi connectivity index (χ2v) is 5.33. The molecule has 1 amide bonds. The van der Waals surface area contributed by atoms with Gasteiger partial charge in [0, 0.05) is 13.0 Å². The lowest BCUT2D eigenvalue weighted by molar-refractivity contribution is -0.152. The fraction of sp³-hybridized carbons (Fsp3) is 0.857. The van der Waals surface area contributed by atoms with Crippen LogP contribution in [0.25, 0.3) is 0 Å². The fourth-order valence-corrected chi connectivity index (χ4v) is 2.75. The first kappa shape index (κ1) is 16.0. The van der Waals surface area contributed by atoms with E-state index >= 15 is 0 Å². The Morgan fingerprint density at radius 1 is 1.37 bits per heavy atom. The zero-order valence-electron chi connectivity index (χ0n) is 11.8. The Balaban J connectivity index is 2.48. The van der Waals surface area contributed by atoms with Crippen molar-refractivity contribution in [1.82, 2.24) is 4.90 Å². The lowest BCUT2D eigenvalue weighted by atomic mass is 9.95. The van der Waals surface area contributed by atoms with Crippen molar-refractivity contribution >= 4 is 11.9 Å². The number of aliphatic carboxylic acids is 1. The van der Waals surface area contributed by atoms with E-state index in [2.05, 4.69) is 6.92 Å². The summed E-state index contributed by atoms with van der Waals surface area (Å²) in [7, 11) is 0. The third-order valence-corrected chi connectivity index (χ3v) is 4.03. The molecule has 5 nitrogen and oxygen atoms in total. The molecule has 1 aliphatic rings. The Morgan fingerprint density at radius 3 is 2.68 bits per heavy atom. The monoisotopic (exact) mass is 270 g/mol. The van der Waals surface area contributed by atoms with Crippen LogP contribution in [0, 0.1) is 5.92 Å². The number of carbonyl (C=O) groups excluding carboxylic acids is 1. The molecule has 3 N–H and O–H groups in total. The maximum Gasteiger partial charge on any atom is 0.326 e. The molecule has 1 saturated heterocycles. The summed E-state index contributed by atoms with van der Waals surface area (Å²) in [5.41, 5.74) is 5.54. The summed E-state index contributed by atoms with van der Waals surface area (Å²) in [6.07, 6.45) is 5.61. The zero-order valence-corrected chi connectivity index (χ0v) is 11.8. The van der Waals surface area contributed by atoms with Crippen LogP contribution in [0.3, 0.4) is 0 Å². The number of likely N-dealkylation sites (tertiary alicyclic amines) is 1. The Morgan fingerprint density at radius 2 is 2.11 bits per heavy atom. The molecule has 5 heteroatoms. The number of hydrogen-bond donors (Lipinski definition) is 2. The molecule has 0 aromatic carbocycles. The lowest BCUT2D eigenvalue weighted by Gasteiger charge is -2.33. The molecule has 1 aliphatic heterocycles. The highest BCUT2D eigenvalue weighted by Gasteiger charge is 2.31. The Kier molecular flexibility index (Phi) is 6.84. The number of piperidine rings is 1. The van der Waals surface area contributed by atoms with E-state index in [1.165, 1.54) is 0 Å². The number of carboxylic acids is 1. The molecule has 110 valence electrons. The van der Waals surface area contributed by atoms with Crippen LogP contribution in [0.4, 0.5) is 0 Å². The number of carbonyl (C=O) groups is 2. The van der Waals surface area contributed by atoms with Crippen molar-refractivity contribution in [3.63, 3.8) is 0 Å². The maximum absolute atomic E-state index is 12.2. The fourth-order valence-electron chi connectivity index (χ4n) is 2.75. The molecule has 0 saturated carbocycles. The van der Waals surface area contributed by atoms with Crippen LogP contribution in [0.2, 0.25) is 0 Å². The maximum atomic E-state index is 12.2. The van der Waals surface area contributed by atoms with Gasteiger partial charge in [0.25, 0.3) is 0 Å². The Hall–Kier alpha value is -1.10. The van der Waals surface area contributed by atoms with Gasteiger partial charge in [-0.15, -0.1) is 0 Å². The molecule has 0 radical (unpaired) electrons. The number of carboxylic acid groups (broad SMARTS) is 1. The van der Waals surface area contributed by atoms with Crippen molar-refractivity contribution in [3.05, 3.63) is 0 Å². The molecular weight excluding hydrogens is 244 g/mol. The van der Waals surface area contributed by atoms with E-state index in [1.54, 1.807) is 4.90 Å². The van der Waals surface area contributed by atoms with Crippen molar-refractivity contribution in [2.45, 2.75) is 57.9 Å². The summed E-state index contributed by atoms with van der Waals surface area (Å²) in [5.74, 6) is -0.411. The highest BCUT2D eigenvalue weighted by molar-refractivity contribution is 5.83. The van der Waals surface area contributed by atoms with Gasteiger partial charge in [-0.25, -0.2) is 4.79 Å². The standard InChI is InChI=1S/C14H26N2O3/c1-2-11(8-9-15)6-7-13(17)16-10-4-3-5-12(16)14(18)19/h11-12H,2-10,15H2,1H3,(H,18,19)/t11?,12-/m1/s1. The lowest BCUT2D eigenvalue weighted by Crippen LogP contribution is -2.48. The molecule has 0 spiro atoms. The van der Waals surface area contributed by atoms with Gasteiger partial charge in [0.05, 0.1) is 0 Å². The minimum Gasteiger partial charge on any atom is -0.480 e. The van der Waals surface area contributed by atoms with Gasteiger partial charge in [-0.2, -0.15) is 0 Å². The number of rotatable bonds is 7. The molecule has 1 heterocycles. The van der Waals surface area contributed by atoms with E-state index in [9.17, 15) is 9.59 Å². The van der Waals surface area contributed by atoms with Gasteiger partial charge in [-0.1, -0.05) is 13.3 Å². The number of amides is 1. The molecule has 0 aliphatic carbocycles. The van der Waals surface area contributed by atoms with E-state index < -0.39 is 12.0 Å². The van der Waals surface area contributed by atoms with E-state index in [1.807, 2.05) is 0 Å². The first-order chi connectivity index (χ1) is 9.10. The van der Waals surface area contributed by atoms with Crippen LogP contribution in [-0.4, -0.2) is 41.0 Å². The van der Waals surface area contributed by atoms with Crippen molar-refractivity contribution in [2.24, 2.45) is 11.7 Å². The Bertz CT molecular complexity index is 307. The molecule has 1 rings (SSSR count). The molecule has 1 unspecified atom stereocenters. The van der Waals surface area contributed by atoms with Gasteiger partial charge in [0.2, 0.25) is 5.91 Å². The second-order valence-electron chi connectivity index (χ2n) is 5.33. The van der Waals surface area contributed by atoms with Gasteiger partial charge in [0.15, 0.2) is 0 Å². The minimum atomic E-state index is -0.873. The smallest absolute Gasteiger partial charge is 0.326 e. The molecule has 0 aromatic rings. The normalized spacial score (nSPS) is 21.2. The average Bonchev–Trinajstić information content (AvgIpc) is 2.43. The second kappa shape index (κ2) is 8.15. The van der Waals surface area contributed by atoms with Crippen LogP contribution >= 0.6 is 0 Å². The van der Waals surface area contributed by atoms with Gasteiger partial charge >= 0.3 is 5.97 Å². The minimum absolute atomic E-state index is 0.0115. The molecule has 0 bridgehead atoms. The highest BCUT2D eigenvalue weighted by atomic mass is 16.4. The van der Waals surface area contributed by atoms with Crippen molar-refractivity contribution in [2.75, 3.05) is 13.1 Å². The highest BCUT2D eigenvalue weighted by Crippen LogP contribution is 2.21. The van der Waals surface area contributed by atoms with Gasteiger partial charge in [0.1, 0.15) is 6.04 Å². The van der Waals surface area contributed by atoms with Gasteiger partial charge < -0.3 is 15.7 Å². The summed E-state index contributed by atoms with van der Waals surface area (Å²) in [4.78, 5) is 24.9. The SMILES string of the molecule is CCC(CCN)CCC(=O)N1CCCC[C@@H]1C(=O)O. The molecule has 1 fully saturated rings. The molecule has 19 heavy (non-hydrogen) atoms. The van der Waals surface area contributed by atoms with Crippen LogP contribution in [-0.2, 0) is 9.59 Å². The predicted molar refractivity (Wildman–Crippen MR) is 73.7 cm³/mol. The molecule has 2 atom stereocenters. The summed E-state index contributed by atoms with van der Waals surface area (Å²) in [6, 6.07) is -0.615. The topological polar surface area (TPSA) is 83.6 Å². The molecular formula is C14H26N2O3. The van der Waals surface area contributed by atoms with Crippen LogP contribution in [0.5, 0.6) is 0 Å². The first-order valence-electron chi connectivity index (χ1n) is 7.32. The van der Waals surface area contributed by atoms with E-state index in [-0.39, 0.29) is 5.91 Å². The van der Waals surface area contributed by atoms with Crippen LogP contribution in [0.1, 0.15) is 51.9 Å². The van der Waals surface area contributed by atoms with Crippen molar-refractivity contribution in [1.29, 1.82) is 0 Å². The van der Waals surface area contributed by atoms with Crippen molar-refractivity contribution < 1.29 is 14.7 Å². The molecule has 0 aromatic heterocycles. The number of nitrogens with zero attached hydrogens (tertiary/aromatic N) is 1. The van der Waals surface area contributed by atoms with E-state index in [0.717, 1.165) is 32.1 Å². The zero-order chi connectivity index (χ0) is 14.3. The summed E-state index contributed by atoms with van der Waals surface area (Å²) >= 11 is 0. The number of hydrogen-bond acceptors (Lipinski definition) is 3. The predicted octanol–water partition coefficient (Wildman–Crippen LogP) is 1.61. The van der Waals surface area contributed by atoms with Gasteiger partial charge in [-0.3, -0.25) is 4.79 Å². The van der Waals surface area contributed by atoms with Crippen LogP contribution < -0.4 is 5.73 Å². The van der Waals surface area contributed by atoms with E-state index in [4.69, 9.17) is 10.8 Å². The summed E-state index contributed by atoms with van der Waals surface area (Å²) in [5, 5.41) is 9.15. The summed E-state index contributed by atoms with van der Waals surface area (Å²) in [6.45, 7) is 3.34. The number of nitrogens with two attached hydrogens (primary N) is 1. The third kappa shape index (κ3) is 4.82. The van der Waals surface area contributed by atoms with E-state index in [0.29, 0.717) is 31.8 Å². The van der Waals surface area contributed by atoms with Crippen molar-refractivity contribution in [3.8, 4) is 0 Å². The van der Waals surface area contributed by atoms with Crippen LogP contribution in [0.15, 0.2) is 0 Å². The first-order valence-corrected chi connectivity index (χ1v) is 7.32.